The molecule has 1 aliphatic rings. The molecular formula is C18H22N2O2S. The van der Waals surface area contributed by atoms with Crippen molar-refractivity contribution in [3.63, 3.8) is 0 Å². The van der Waals surface area contributed by atoms with Crippen molar-refractivity contribution in [1.82, 2.24) is 4.98 Å². The Bertz CT molecular complexity index is 778. The van der Waals surface area contributed by atoms with Gasteiger partial charge in [-0.25, -0.2) is 8.42 Å². The van der Waals surface area contributed by atoms with Gasteiger partial charge in [-0.05, 0) is 42.3 Å². The van der Waals surface area contributed by atoms with Crippen LogP contribution in [0, 0.1) is 11.3 Å². The van der Waals surface area contributed by atoms with Gasteiger partial charge < -0.3 is 4.90 Å². The Morgan fingerprint density at radius 2 is 1.52 bits per heavy atom. The van der Waals surface area contributed by atoms with Crippen molar-refractivity contribution in [3.05, 3.63) is 48.8 Å². The maximum Gasteiger partial charge on any atom is 0.206 e. The third-order valence-electron chi connectivity index (χ3n) is 4.97. The number of aromatic nitrogens is 1. The maximum absolute atomic E-state index is 12.5. The molecule has 3 rings (SSSR count). The van der Waals surface area contributed by atoms with Crippen LogP contribution in [0.15, 0.2) is 58.6 Å². The van der Waals surface area contributed by atoms with Gasteiger partial charge in [-0.3, -0.25) is 4.98 Å². The van der Waals surface area contributed by atoms with Gasteiger partial charge in [-0.15, -0.1) is 0 Å². The zero-order valence-corrected chi connectivity index (χ0v) is 14.5. The fourth-order valence-corrected chi connectivity index (χ4v) is 4.11. The van der Waals surface area contributed by atoms with Crippen molar-refractivity contribution in [2.75, 3.05) is 18.0 Å². The molecule has 4 nitrogen and oxygen atoms in total. The van der Waals surface area contributed by atoms with Crippen molar-refractivity contribution in [1.29, 1.82) is 0 Å². The first-order valence-electron chi connectivity index (χ1n) is 7.83. The van der Waals surface area contributed by atoms with E-state index in [2.05, 4.69) is 30.7 Å². The van der Waals surface area contributed by atoms with Gasteiger partial charge in [0.2, 0.25) is 9.84 Å². The number of hydrogen-bond acceptors (Lipinski definition) is 4. The average Bonchev–Trinajstić information content (AvgIpc) is 2.52. The highest BCUT2D eigenvalue weighted by molar-refractivity contribution is 7.91. The Morgan fingerprint density at radius 3 is 2.04 bits per heavy atom. The lowest BCUT2D eigenvalue weighted by Gasteiger charge is -2.52. The summed E-state index contributed by atoms with van der Waals surface area (Å²) < 4.78 is 25.1. The van der Waals surface area contributed by atoms with E-state index >= 15 is 0 Å². The lowest BCUT2D eigenvalue weighted by Crippen LogP contribution is -2.57. The lowest BCUT2D eigenvalue weighted by atomic mass is 9.72. The smallest absolute Gasteiger partial charge is 0.206 e. The topological polar surface area (TPSA) is 50.3 Å². The van der Waals surface area contributed by atoms with Crippen molar-refractivity contribution in [3.8, 4) is 0 Å². The molecule has 0 unspecified atom stereocenters. The summed E-state index contributed by atoms with van der Waals surface area (Å²) >= 11 is 0. The quantitative estimate of drug-likeness (QED) is 0.862. The van der Waals surface area contributed by atoms with Crippen LogP contribution in [0.25, 0.3) is 0 Å². The van der Waals surface area contributed by atoms with Gasteiger partial charge >= 0.3 is 0 Å². The first-order chi connectivity index (χ1) is 10.8. The van der Waals surface area contributed by atoms with E-state index in [9.17, 15) is 8.42 Å². The molecule has 1 aromatic heterocycles. The van der Waals surface area contributed by atoms with Crippen LogP contribution in [-0.2, 0) is 9.84 Å². The summed E-state index contributed by atoms with van der Waals surface area (Å²) in [5, 5.41) is 0. The molecule has 2 heterocycles. The predicted molar refractivity (Wildman–Crippen MR) is 91.3 cm³/mol. The highest BCUT2D eigenvalue weighted by Gasteiger charge is 2.41. The monoisotopic (exact) mass is 330 g/mol. The number of sulfone groups is 1. The summed E-state index contributed by atoms with van der Waals surface area (Å²) in [6.07, 6.45) is 2.99. The second kappa shape index (κ2) is 5.64. The summed E-state index contributed by atoms with van der Waals surface area (Å²) in [6.45, 7) is 8.84. The van der Waals surface area contributed by atoms with Gasteiger partial charge in [-0.2, -0.15) is 0 Å². The fraction of sp³-hybridized carbons (Fsp3) is 0.389. The molecule has 1 aromatic carbocycles. The van der Waals surface area contributed by atoms with Crippen LogP contribution in [0.1, 0.15) is 20.8 Å². The summed E-state index contributed by atoms with van der Waals surface area (Å²) in [5.74, 6) is 0.644. The Balaban J connectivity index is 1.79. The van der Waals surface area contributed by atoms with Gasteiger partial charge in [0.15, 0.2) is 0 Å². The van der Waals surface area contributed by atoms with E-state index in [1.807, 2.05) is 12.1 Å². The molecule has 0 bridgehead atoms. The largest absolute Gasteiger partial charge is 0.370 e. The zero-order chi connectivity index (χ0) is 16.7. The van der Waals surface area contributed by atoms with Gasteiger partial charge in [0.1, 0.15) is 0 Å². The number of anilines is 1. The molecule has 0 N–H and O–H groups in total. The van der Waals surface area contributed by atoms with Crippen LogP contribution >= 0.6 is 0 Å². The number of nitrogens with zero attached hydrogens (tertiary/aromatic N) is 2. The van der Waals surface area contributed by atoms with E-state index in [0.717, 1.165) is 18.8 Å². The second-order valence-corrected chi connectivity index (χ2v) is 8.79. The third-order valence-corrected chi connectivity index (χ3v) is 6.76. The second-order valence-electron chi connectivity index (χ2n) is 6.85. The highest BCUT2D eigenvalue weighted by atomic mass is 32.2. The third kappa shape index (κ3) is 2.85. The number of hydrogen-bond donors (Lipinski definition) is 0. The van der Waals surface area contributed by atoms with Crippen LogP contribution < -0.4 is 4.90 Å². The molecule has 0 spiro atoms. The molecule has 1 aliphatic heterocycles. The van der Waals surface area contributed by atoms with Crippen molar-refractivity contribution >= 4 is 15.5 Å². The molecule has 1 saturated heterocycles. The summed E-state index contributed by atoms with van der Waals surface area (Å²) in [7, 11) is -3.46. The van der Waals surface area contributed by atoms with E-state index in [4.69, 9.17) is 0 Å². The van der Waals surface area contributed by atoms with Crippen molar-refractivity contribution < 1.29 is 8.42 Å². The van der Waals surface area contributed by atoms with E-state index in [-0.39, 0.29) is 4.90 Å². The average molecular weight is 330 g/mol. The van der Waals surface area contributed by atoms with Gasteiger partial charge in [0, 0.05) is 36.6 Å². The minimum Gasteiger partial charge on any atom is -0.370 e. The maximum atomic E-state index is 12.5. The van der Waals surface area contributed by atoms with Crippen LogP contribution in [0.3, 0.4) is 0 Å². The molecule has 0 radical (unpaired) electrons. The summed E-state index contributed by atoms with van der Waals surface area (Å²) in [6, 6.07) is 10.2. The Labute approximate surface area is 138 Å². The molecule has 2 aromatic rings. The van der Waals surface area contributed by atoms with Gasteiger partial charge in [0.05, 0.1) is 9.79 Å². The molecule has 122 valence electrons. The van der Waals surface area contributed by atoms with E-state index in [0.29, 0.717) is 16.2 Å². The summed E-state index contributed by atoms with van der Waals surface area (Å²) in [4.78, 5) is 6.75. The number of pyridine rings is 1. The van der Waals surface area contributed by atoms with Crippen LogP contribution in [0.2, 0.25) is 0 Å². The van der Waals surface area contributed by atoms with Crippen LogP contribution in [0.4, 0.5) is 5.69 Å². The Morgan fingerprint density at radius 1 is 1.00 bits per heavy atom. The van der Waals surface area contributed by atoms with E-state index in [1.54, 1.807) is 12.1 Å². The minimum absolute atomic E-state index is 0.275. The lowest BCUT2D eigenvalue weighted by molar-refractivity contribution is 0.161. The van der Waals surface area contributed by atoms with Crippen LogP contribution in [-0.4, -0.2) is 26.5 Å². The molecular weight excluding hydrogens is 308 g/mol. The SMILES string of the molecule is CC(C)C1(C)CN(c2ccc(S(=O)(=O)c3ccncc3)cc2)C1. The van der Waals surface area contributed by atoms with Crippen LogP contribution in [0.5, 0.6) is 0 Å². The first kappa shape index (κ1) is 16.0. The molecule has 5 heteroatoms. The number of benzene rings is 1. The normalized spacial score (nSPS) is 17.1. The van der Waals surface area contributed by atoms with E-state index < -0.39 is 9.84 Å². The zero-order valence-electron chi connectivity index (χ0n) is 13.7. The number of rotatable bonds is 4. The summed E-state index contributed by atoms with van der Waals surface area (Å²) in [5.41, 5.74) is 1.43. The molecule has 0 aliphatic carbocycles. The van der Waals surface area contributed by atoms with Crippen molar-refractivity contribution in [2.45, 2.75) is 30.6 Å². The first-order valence-corrected chi connectivity index (χ1v) is 9.31. The van der Waals surface area contributed by atoms with Gasteiger partial charge in [-0.1, -0.05) is 20.8 Å². The predicted octanol–water partition coefficient (Wildman–Crippen LogP) is 3.40. The molecule has 1 fully saturated rings. The van der Waals surface area contributed by atoms with Crippen molar-refractivity contribution in [2.24, 2.45) is 11.3 Å². The highest BCUT2D eigenvalue weighted by Crippen LogP contribution is 2.40. The Kier molecular flexibility index (Phi) is 3.92. The molecule has 0 saturated carbocycles. The van der Waals surface area contributed by atoms with Gasteiger partial charge in [0.25, 0.3) is 0 Å². The molecule has 0 amide bonds. The van der Waals surface area contributed by atoms with E-state index in [1.165, 1.54) is 24.5 Å². The standard InChI is InChI=1S/C18H22N2O2S/c1-14(2)18(3)12-20(13-18)15-4-6-16(7-5-15)23(21,22)17-8-10-19-11-9-17/h4-11,14H,12-13H2,1-3H3. The molecule has 23 heavy (non-hydrogen) atoms. The molecule has 0 atom stereocenters. The minimum atomic E-state index is -3.46. The fourth-order valence-electron chi connectivity index (χ4n) is 2.86. The Hall–Kier alpha value is -1.88.